The van der Waals surface area contributed by atoms with E-state index in [-0.39, 0.29) is 23.3 Å². The number of halogens is 1. The molecule has 0 atom stereocenters. The van der Waals surface area contributed by atoms with Crippen molar-refractivity contribution in [2.45, 2.75) is 45.1 Å². The first-order valence-corrected chi connectivity index (χ1v) is 10.1. The molecule has 4 nitrogen and oxygen atoms in total. The minimum absolute atomic E-state index is 0.0480. The van der Waals surface area contributed by atoms with Gasteiger partial charge in [0.15, 0.2) is 0 Å². The number of benzene rings is 2. The summed E-state index contributed by atoms with van der Waals surface area (Å²) in [7, 11) is 0. The Hall–Kier alpha value is -2.33. The van der Waals surface area contributed by atoms with Crippen molar-refractivity contribution >= 4 is 23.4 Å². The van der Waals surface area contributed by atoms with Crippen LogP contribution in [0.4, 0.5) is 0 Å². The Morgan fingerprint density at radius 1 is 1.00 bits per heavy atom. The number of nitrogens with zero attached hydrogens (tertiary/aromatic N) is 1. The molecule has 1 saturated heterocycles. The number of hydrogen-bond acceptors (Lipinski definition) is 2. The van der Waals surface area contributed by atoms with Crippen molar-refractivity contribution in [2.75, 3.05) is 13.1 Å². The maximum atomic E-state index is 12.6. The third kappa shape index (κ3) is 4.74. The number of carbonyl (C=O) groups is 2. The minimum Gasteiger partial charge on any atom is -0.349 e. The lowest BCUT2D eigenvalue weighted by Gasteiger charge is -2.32. The van der Waals surface area contributed by atoms with Crippen molar-refractivity contribution < 1.29 is 9.59 Å². The standard InChI is InChI=1S/C23H27ClN2O2/c1-23(2,3)17-10-8-16(9-11-17)21(27)25-18-12-14-26(15-13-18)22(28)19-6-4-5-7-20(19)24/h4-11,18H,12-15H2,1-3H3,(H,25,27). The van der Waals surface area contributed by atoms with Gasteiger partial charge in [0.1, 0.15) is 0 Å². The number of hydrogen-bond donors (Lipinski definition) is 1. The Morgan fingerprint density at radius 2 is 1.61 bits per heavy atom. The summed E-state index contributed by atoms with van der Waals surface area (Å²) in [5.74, 6) is -0.107. The normalized spacial score (nSPS) is 15.4. The van der Waals surface area contributed by atoms with Gasteiger partial charge in [-0.1, -0.05) is 56.6 Å². The van der Waals surface area contributed by atoms with Gasteiger partial charge in [-0.15, -0.1) is 0 Å². The van der Waals surface area contributed by atoms with Crippen molar-refractivity contribution in [3.8, 4) is 0 Å². The van der Waals surface area contributed by atoms with Gasteiger partial charge in [0.05, 0.1) is 10.6 Å². The van der Waals surface area contributed by atoms with E-state index < -0.39 is 0 Å². The molecule has 1 fully saturated rings. The van der Waals surface area contributed by atoms with Crippen LogP contribution in [0, 0.1) is 0 Å². The van der Waals surface area contributed by atoms with E-state index in [0.29, 0.717) is 29.2 Å². The predicted octanol–water partition coefficient (Wildman–Crippen LogP) is 4.67. The molecule has 1 heterocycles. The highest BCUT2D eigenvalue weighted by molar-refractivity contribution is 6.33. The molecule has 5 heteroatoms. The van der Waals surface area contributed by atoms with E-state index in [0.717, 1.165) is 12.8 Å². The van der Waals surface area contributed by atoms with Crippen LogP contribution in [-0.2, 0) is 5.41 Å². The third-order valence-electron chi connectivity index (χ3n) is 5.23. The lowest BCUT2D eigenvalue weighted by molar-refractivity contribution is 0.0698. The van der Waals surface area contributed by atoms with Gasteiger partial charge >= 0.3 is 0 Å². The molecule has 1 aliphatic rings. The van der Waals surface area contributed by atoms with Crippen LogP contribution in [0.1, 0.15) is 59.9 Å². The van der Waals surface area contributed by atoms with E-state index in [2.05, 4.69) is 26.1 Å². The molecule has 148 valence electrons. The summed E-state index contributed by atoms with van der Waals surface area (Å²) in [6.07, 6.45) is 1.48. The van der Waals surface area contributed by atoms with Gasteiger partial charge in [-0.05, 0) is 48.1 Å². The number of amides is 2. The van der Waals surface area contributed by atoms with Gasteiger partial charge in [0.25, 0.3) is 11.8 Å². The highest BCUT2D eigenvalue weighted by Crippen LogP contribution is 2.23. The van der Waals surface area contributed by atoms with Crippen LogP contribution in [0.5, 0.6) is 0 Å². The van der Waals surface area contributed by atoms with Gasteiger partial charge in [-0.3, -0.25) is 9.59 Å². The fraction of sp³-hybridized carbons (Fsp3) is 0.391. The lowest BCUT2D eigenvalue weighted by atomic mass is 9.86. The molecule has 0 spiro atoms. The number of nitrogens with one attached hydrogen (secondary N) is 1. The molecule has 2 amide bonds. The van der Waals surface area contributed by atoms with Crippen molar-refractivity contribution in [2.24, 2.45) is 0 Å². The zero-order chi connectivity index (χ0) is 20.3. The Labute approximate surface area is 171 Å². The van der Waals surface area contributed by atoms with Gasteiger partial charge in [0.2, 0.25) is 0 Å². The molecule has 0 bridgehead atoms. The topological polar surface area (TPSA) is 49.4 Å². The molecule has 0 aliphatic carbocycles. The lowest BCUT2D eigenvalue weighted by Crippen LogP contribution is -2.46. The van der Waals surface area contributed by atoms with E-state index in [1.165, 1.54) is 5.56 Å². The van der Waals surface area contributed by atoms with Crippen LogP contribution in [0.3, 0.4) is 0 Å². The fourth-order valence-corrected chi connectivity index (χ4v) is 3.64. The molecule has 2 aromatic rings. The Kier molecular flexibility index (Phi) is 6.09. The van der Waals surface area contributed by atoms with E-state index in [4.69, 9.17) is 11.6 Å². The van der Waals surface area contributed by atoms with Gasteiger partial charge in [-0.25, -0.2) is 0 Å². The molecule has 1 aliphatic heterocycles. The average Bonchev–Trinajstić information content (AvgIpc) is 2.68. The largest absolute Gasteiger partial charge is 0.349 e. The number of carbonyl (C=O) groups excluding carboxylic acids is 2. The van der Waals surface area contributed by atoms with Crippen LogP contribution in [0.15, 0.2) is 48.5 Å². The molecule has 0 saturated carbocycles. The predicted molar refractivity (Wildman–Crippen MR) is 113 cm³/mol. The number of likely N-dealkylation sites (tertiary alicyclic amines) is 1. The van der Waals surface area contributed by atoms with Crippen molar-refractivity contribution in [3.05, 3.63) is 70.2 Å². The van der Waals surface area contributed by atoms with Crippen LogP contribution >= 0.6 is 11.6 Å². The molecule has 1 N–H and O–H groups in total. The molecule has 0 radical (unpaired) electrons. The Balaban J connectivity index is 1.55. The van der Waals surface area contributed by atoms with Crippen LogP contribution in [0.25, 0.3) is 0 Å². The monoisotopic (exact) mass is 398 g/mol. The zero-order valence-corrected chi connectivity index (χ0v) is 17.4. The van der Waals surface area contributed by atoms with Gasteiger partial charge < -0.3 is 10.2 Å². The van der Waals surface area contributed by atoms with Gasteiger partial charge in [0, 0.05) is 24.7 Å². The third-order valence-corrected chi connectivity index (χ3v) is 5.56. The number of rotatable bonds is 3. The molecule has 3 rings (SSSR count). The quantitative estimate of drug-likeness (QED) is 0.816. The van der Waals surface area contributed by atoms with Crippen molar-refractivity contribution in [1.29, 1.82) is 0 Å². The molecule has 2 aromatic carbocycles. The maximum Gasteiger partial charge on any atom is 0.255 e. The highest BCUT2D eigenvalue weighted by atomic mass is 35.5. The summed E-state index contributed by atoms with van der Waals surface area (Å²) in [6, 6.07) is 15.0. The summed E-state index contributed by atoms with van der Waals surface area (Å²) in [5.41, 5.74) is 2.47. The smallest absolute Gasteiger partial charge is 0.255 e. The first-order chi connectivity index (χ1) is 13.3. The SMILES string of the molecule is CC(C)(C)c1ccc(C(=O)NC2CCN(C(=O)c3ccccc3Cl)CC2)cc1. The summed E-state index contributed by atoms with van der Waals surface area (Å²) >= 11 is 6.14. The van der Waals surface area contributed by atoms with Crippen LogP contribution in [-0.4, -0.2) is 35.8 Å². The maximum absolute atomic E-state index is 12.6. The first-order valence-electron chi connectivity index (χ1n) is 9.71. The van der Waals surface area contributed by atoms with E-state index in [9.17, 15) is 9.59 Å². The second kappa shape index (κ2) is 8.36. The van der Waals surface area contributed by atoms with E-state index >= 15 is 0 Å². The van der Waals surface area contributed by atoms with E-state index in [1.807, 2.05) is 41.3 Å². The second-order valence-corrected chi connectivity index (χ2v) is 8.75. The van der Waals surface area contributed by atoms with Gasteiger partial charge in [-0.2, -0.15) is 0 Å². The van der Waals surface area contributed by atoms with Crippen LogP contribution in [0.2, 0.25) is 5.02 Å². The average molecular weight is 399 g/mol. The summed E-state index contributed by atoms with van der Waals surface area (Å²) < 4.78 is 0. The molecule has 0 unspecified atom stereocenters. The first kappa shape index (κ1) is 20.4. The zero-order valence-electron chi connectivity index (χ0n) is 16.7. The molecular weight excluding hydrogens is 372 g/mol. The Morgan fingerprint density at radius 3 is 2.18 bits per heavy atom. The highest BCUT2D eigenvalue weighted by Gasteiger charge is 2.26. The number of piperidine rings is 1. The molecule has 0 aromatic heterocycles. The summed E-state index contributed by atoms with van der Waals surface area (Å²) in [5, 5.41) is 3.57. The second-order valence-electron chi connectivity index (χ2n) is 8.35. The van der Waals surface area contributed by atoms with Crippen molar-refractivity contribution in [3.63, 3.8) is 0 Å². The molecular formula is C23H27ClN2O2. The van der Waals surface area contributed by atoms with Crippen molar-refractivity contribution in [1.82, 2.24) is 10.2 Å². The summed E-state index contributed by atoms with van der Waals surface area (Å²) in [6.45, 7) is 7.68. The fourth-order valence-electron chi connectivity index (χ4n) is 3.42. The van der Waals surface area contributed by atoms with E-state index in [1.54, 1.807) is 12.1 Å². The Bertz CT molecular complexity index is 848. The molecule has 28 heavy (non-hydrogen) atoms. The summed E-state index contributed by atoms with van der Waals surface area (Å²) in [4.78, 5) is 27.0. The minimum atomic E-state index is -0.0589. The van der Waals surface area contributed by atoms with Crippen LogP contribution < -0.4 is 5.32 Å².